The van der Waals surface area contributed by atoms with Crippen molar-refractivity contribution >= 4 is 0 Å². The van der Waals surface area contributed by atoms with Gasteiger partial charge < -0.3 is 9.47 Å². The van der Waals surface area contributed by atoms with Gasteiger partial charge in [-0.3, -0.25) is 0 Å². The van der Waals surface area contributed by atoms with Gasteiger partial charge in [0.2, 0.25) is 0 Å². The second-order valence-electron chi connectivity index (χ2n) is 8.02. The summed E-state index contributed by atoms with van der Waals surface area (Å²) in [6.45, 7) is 21.9. The highest BCUT2D eigenvalue weighted by molar-refractivity contribution is 4.85. The molecule has 0 saturated heterocycles. The summed E-state index contributed by atoms with van der Waals surface area (Å²) in [6, 6.07) is 0. The van der Waals surface area contributed by atoms with E-state index in [1.165, 1.54) is 0 Å². The molecule has 0 aromatic rings. The van der Waals surface area contributed by atoms with Crippen LogP contribution in [-0.4, -0.2) is 23.4 Å². The summed E-state index contributed by atoms with van der Waals surface area (Å²) in [5.74, 6) is 0. The molecule has 0 N–H and O–H groups in total. The van der Waals surface area contributed by atoms with Crippen LogP contribution in [-0.2, 0) is 9.47 Å². The third-order valence-electron chi connectivity index (χ3n) is 3.17. The lowest BCUT2D eigenvalue weighted by Crippen LogP contribution is -2.45. The van der Waals surface area contributed by atoms with Gasteiger partial charge in [0.05, 0.1) is 23.4 Å². The fraction of sp³-hybridized carbons (Fsp3) is 1.00. The predicted molar refractivity (Wildman–Crippen MR) is 74.4 cm³/mol. The average molecular weight is 244 g/mol. The molecule has 0 aliphatic carbocycles. The molecule has 104 valence electrons. The minimum Gasteiger partial charge on any atom is -0.372 e. The van der Waals surface area contributed by atoms with Crippen LogP contribution in [0.1, 0.15) is 69.2 Å². The van der Waals surface area contributed by atoms with Gasteiger partial charge in [0.1, 0.15) is 0 Å². The van der Waals surface area contributed by atoms with Crippen LogP contribution in [0.4, 0.5) is 0 Å². The molecule has 0 radical (unpaired) electrons. The third kappa shape index (κ3) is 6.42. The van der Waals surface area contributed by atoms with Crippen LogP contribution in [0.2, 0.25) is 0 Å². The topological polar surface area (TPSA) is 18.5 Å². The first-order chi connectivity index (χ1) is 7.16. The van der Waals surface area contributed by atoms with Crippen molar-refractivity contribution in [1.29, 1.82) is 0 Å². The third-order valence-corrected chi connectivity index (χ3v) is 3.17. The highest BCUT2D eigenvalue weighted by Gasteiger charge is 2.36. The number of rotatable bonds is 4. The van der Waals surface area contributed by atoms with E-state index in [-0.39, 0.29) is 22.2 Å². The van der Waals surface area contributed by atoms with Crippen molar-refractivity contribution in [3.05, 3.63) is 0 Å². The molecule has 0 heterocycles. The Labute approximate surface area is 108 Å². The summed E-state index contributed by atoms with van der Waals surface area (Å²) >= 11 is 0. The monoisotopic (exact) mass is 244 g/mol. The van der Waals surface area contributed by atoms with Crippen LogP contribution >= 0.6 is 0 Å². The van der Waals surface area contributed by atoms with Crippen LogP contribution in [0.15, 0.2) is 0 Å². The molecular weight excluding hydrogens is 212 g/mol. The van der Waals surface area contributed by atoms with Gasteiger partial charge in [0, 0.05) is 0 Å². The highest BCUT2D eigenvalue weighted by Crippen LogP contribution is 2.34. The lowest BCUT2D eigenvalue weighted by Gasteiger charge is -2.42. The number of hydrogen-bond donors (Lipinski definition) is 0. The Bertz CT molecular complexity index is 239. The Morgan fingerprint density at radius 2 is 1.12 bits per heavy atom. The van der Waals surface area contributed by atoms with Crippen molar-refractivity contribution in [2.45, 2.75) is 86.0 Å². The quantitative estimate of drug-likeness (QED) is 0.728. The summed E-state index contributed by atoms with van der Waals surface area (Å²) in [6.07, 6.45) is 0. The molecule has 0 spiro atoms. The maximum Gasteiger partial charge on any atom is 0.0866 e. The maximum absolute atomic E-state index is 6.08. The van der Waals surface area contributed by atoms with Gasteiger partial charge >= 0.3 is 0 Å². The van der Waals surface area contributed by atoms with Crippen LogP contribution in [0.3, 0.4) is 0 Å². The van der Waals surface area contributed by atoms with Crippen LogP contribution in [0.25, 0.3) is 0 Å². The molecule has 17 heavy (non-hydrogen) atoms. The van der Waals surface area contributed by atoms with E-state index in [2.05, 4.69) is 69.2 Å². The van der Waals surface area contributed by atoms with Crippen LogP contribution < -0.4 is 0 Å². The second-order valence-corrected chi connectivity index (χ2v) is 8.02. The molecule has 0 rings (SSSR count). The molecule has 0 bridgehead atoms. The van der Waals surface area contributed by atoms with Gasteiger partial charge in [-0.1, -0.05) is 20.8 Å². The highest BCUT2D eigenvalue weighted by atomic mass is 16.6. The summed E-state index contributed by atoms with van der Waals surface area (Å²) in [4.78, 5) is 0. The van der Waals surface area contributed by atoms with E-state index >= 15 is 0 Å². The smallest absolute Gasteiger partial charge is 0.0866 e. The van der Waals surface area contributed by atoms with Crippen molar-refractivity contribution in [1.82, 2.24) is 0 Å². The summed E-state index contributed by atoms with van der Waals surface area (Å²) in [7, 11) is 0. The Morgan fingerprint density at radius 3 is 1.41 bits per heavy atom. The minimum absolute atomic E-state index is 0.116. The lowest BCUT2D eigenvalue weighted by molar-refractivity contribution is -0.184. The zero-order chi connectivity index (χ0) is 14.1. The maximum atomic E-state index is 6.08. The van der Waals surface area contributed by atoms with Crippen molar-refractivity contribution in [2.75, 3.05) is 6.61 Å². The molecule has 0 aliphatic heterocycles. The van der Waals surface area contributed by atoms with Crippen molar-refractivity contribution in [2.24, 2.45) is 5.41 Å². The van der Waals surface area contributed by atoms with Crippen molar-refractivity contribution in [3.63, 3.8) is 0 Å². The molecule has 0 atom stereocenters. The lowest BCUT2D eigenvalue weighted by atomic mass is 9.79. The van der Waals surface area contributed by atoms with Gasteiger partial charge in [0.15, 0.2) is 0 Å². The molecule has 0 amide bonds. The first-order valence-electron chi connectivity index (χ1n) is 6.50. The summed E-state index contributed by atoms with van der Waals surface area (Å²) in [5.41, 5.74) is -0.449. The Kier molecular flexibility index (Phi) is 4.87. The molecule has 0 aliphatic rings. The average Bonchev–Trinajstić information content (AvgIpc) is 1.94. The van der Waals surface area contributed by atoms with E-state index in [4.69, 9.17) is 9.47 Å². The minimum atomic E-state index is -0.263. The van der Waals surface area contributed by atoms with Gasteiger partial charge in [-0.2, -0.15) is 0 Å². The predicted octanol–water partition coefficient (Wildman–Crippen LogP) is 4.42. The van der Waals surface area contributed by atoms with E-state index in [9.17, 15) is 0 Å². The van der Waals surface area contributed by atoms with Crippen LogP contribution in [0, 0.1) is 5.41 Å². The zero-order valence-electron chi connectivity index (χ0n) is 13.5. The standard InChI is InChI=1S/C15H32O2/c1-12(2,3)15(9,10)16-11-14(7,8)17-13(4,5)6/h11H2,1-10H3. The van der Waals surface area contributed by atoms with Gasteiger partial charge in [-0.05, 0) is 53.9 Å². The summed E-state index contributed by atoms with van der Waals surface area (Å²) in [5, 5.41) is 0. The second kappa shape index (κ2) is 4.89. The molecule has 0 unspecified atom stereocenters. The Balaban J connectivity index is 4.47. The first-order valence-corrected chi connectivity index (χ1v) is 6.50. The Hall–Kier alpha value is -0.0800. The molecule has 2 heteroatoms. The van der Waals surface area contributed by atoms with E-state index in [1.807, 2.05) is 0 Å². The molecular formula is C15H32O2. The molecule has 0 saturated carbocycles. The van der Waals surface area contributed by atoms with E-state index in [0.29, 0.717) is 6.61 Å². The van der Waals surface area contributed by atoms with Crippen molar-refractivity contribution < 1.29 is 9.47 Å². The SMILES string of the molecule is CC(C)(C)OC(C)(C)COC(C)(C)C(C)(C)C. The number of hydrogen-bond acceptors (Lipinski definition) is 2. The van der Waals surface area contributed by atoms with Crippen molar-refractivity contribution in [3.8, 4) is 0 Å². The summed E-state index contributed by atoms with van der Waals surface area (Å²) < 4.78 is 12.1. The van der Waals surface area contributed by atoms with E-state index in [1.54, 1.807) is 0 Å². The van der Waals surface area contributed by atoms with E-state index in [0.717, 1.165) is 0 Å². The number of ether oxygens (including phenoxy) is 2. The fourth-order valence-corrected chi connectivity index (χ4v) is 1.43. The normalized spacial score (nSPS) is 15.2. The van der Waals surface area contributed by atoms with Gasteiger partial charge in [-0.25, -0.2) is 0 Å². The van der Waals surface area contributed by atoms with Crippen LogP contribution in [0.5, 0.6) is 0 Å². The largest absolute Gasteiger partial charge is 0.372 e. The fourth-order valence-electron chi connectivity index (χ4n) is 1.43. The molecule has 0 aromatic heterocycles. The van der Waals surface area contributed by atoms with E-state index < -0.39 is 0 Å². The first kappa shape index (κ1) is 16.9. The zero-order valence-corrected chi connectivity index (χ0v) is 13.5. The van der Waals surface area contributed by atoms with Gasteiger partial charge in [0.25, 0.3) is 0 Å². The van der Waals surface area contributed by atoms with Gasteiger partial charge in [-0.15, -0.1) is 0 Å². The Morgan fingerprint density at radius 1 is 0.706 bits per heavy atom. The molecule has 0 aromatic carbocycles. The molecule has 0 fully saturated rings. The molecule has 2 nitrogen and oxygen atoms in total.